The van der Waals surface area contributed by atoms with E-state index in [9.17, 15) is 0 Å². The highest BCUT2D eigenvalue weighted by Crippen LogP contribution is 2.29. The number of thiazole rings is 1. The Kier molecular flexibility index (Phi) is 3.58. The van der Waals surface area contributed by atoms with Crippen LogP contribution in [0.5, 0.6) is 0 Å². The lowest BCUT2D eigenvalue weighted by Gasteiger charge is -2.03. The molecule has 0 bridgehead atoms. The first-order valence-electron chi connectivity index (χ1n) is 6.45. The zero-order valence-corrected chi connectivity index (χ0v) is 11.7. The predicted octanol–water partition coefficient (Wildman–Crippen LogP) is 3.73. The Morgan fingerprint density at radius 2 is 1.95 bits per heavy atom. The van der Waals surface area contributed by atoms with Crippen molar-refractivity contribution in [2.75, 3.05) is 13.6 Å². The monoisotopic (exact) mass is 268 g/mol. The summed E-state index contributed by atoms with van der Waals surface area (Å²) in [6, 6.07) is 14.9. The van der Waals surface area contributed by atoms with Crippen molar-refractivity contribution in [3.8, 4) is 11.3 Å². The van der Waals surface area contributed by atoms with Crippen LogP contribution in [0, 0.1) is 0 Å². The summed E-state index contributed by atoms with van der Waals surface area (Å²) in [6.07, 6.45) is 0.992. The van der Waals surface area contributed by atoms with Gasteiger partial charge in [-0.3, -0.25) is 0 Å². The molecule has 2 aromatic carbocycles. The number of hydrogen-bond donors (Lipinski definition) is 1. The van der Waals surface area contributed by atoms with E-state index in [-0.39, 0.29) is 0 Å². The van der Waals surface area contributed by atoms with Gasteiger partial charge < -0.3 is 5.32 Å². The van der Waals surface area contributed by atoms with Crippen LogP contribution in [0.15, 0.2) is 47.8 Å². The largest absolute Gasteiger partial charge is 0.319 e. The van der Waals surface area contributed by atoms with Gasteiger partial charge in [0.25, 0.3) is 0 Å². The maximum absolute atomic E-state index is 4.75. The summed E-state index contributed by atoms with van der Waals surface area (Å²) in [5.74, 6) is 0. The Labute approximate surface area is 117 Å². The molecule has 2 nitrogen and oxygen atoms in total. The fourth-order valence-corrected chi connectivity index (χ4v) is 3.03. The van der Waals surface area contributed by atoms with Crippen LogP contribution < -0.4 is 5.32 Å². The smallest absolute Gasteiger partial charge is 0.0945 e. The van der Waals surface area contributed by atoms with E-state index in [0.29, 0.717) is 0 Å². The number of fused-ring (bicyclic) bond motifs is 1. The summed E-state index contributed by atoms with van der Waals surface area (Å²) < 4.78 is 0. The average molecular weight is 268 g/mol. The minimum absolute atomic E-state index is 0.975. The van der Waals surface area contributed by atoms with Gasteiger partial charge in [0.15, 0.2) is 0 Å². The Balaban J connectivity index is 2.02. The molecule has 0 spiro atoms. The maximum Gasteiger partial charge on any atom is 0.0945 e. The molecule has 3 rings (SSSR count). The maximum atomic E-state index is 4.75. The number of benzene rings is 2. The fraction of sp³-hybridized carbons (Fsp3) is 0.188. The third-order valence-corrected chi connectivity index (χ3v) is 4.11. The topological polar surface area (TPSA) is 24.9 Å². The molecule has 0 saturated carbocycles. The summed E-state index contributed by atoms with van der Waals surface area (Å²) in [5, 5.41) is 9.05. The standard InChI is InChI=1S/C16H16N2S/c1-17-10-9-16-18-15(11-19-16)14-8-4-6-12-5-2-3-7-13(12)14/h2-8,11,17H,9-10H2,1H3. The molecule has 1 aromatic heterocycles. The van der Waals surface area contributed by atoms with Gasteiger partial charge in [0.05, 0.1) is 10.7 Å². The number of likely N-dealkylation sites (N-methyl/N-ethyl adjacent to an activating group) is 1. The Bertz CT molecular complexity index is 683. The highest BCUT2D eigenvalue weighted by atomic mass is 32.1. The van der Waals surface area contributed by atoms with E-state index in [4.69, 9.17) is 4.98 Å². The lowest BCUT2D eigenvalue weighted by Crippen LogP contribution is -2.09. The van der Waals surface area contributed by atoms with Crippen LogP contribution >= 0.6 is 11.3 Å². The molecule has 0 aliphatic rings. The van der Waals surface area contributed by atoms with Gasteiger partial charge >= 0.3 is 0 Å². The zero-order valence-electron chi connectivity index (χ0n) is 10.9. The number of nitrogens with one attached hydrogen (secondary N) is 1. The molecular weight excluding hydrogens is 252 g/mol. The SMILES string of the molecule is CNCCc1nc(-c2cccc3ccccc23)cs1. The van der Waals surface area contributed by atoms with E-state index in [1.54, 1.807) is 11.3 Å². The van der Waals surface area contributed by atoms with Crippen molar-refractivity contribution in [1.29, 1.82) is 0 Å². The van der Waals surface area contributed by atoms with Gasteiger partial charge in [-0.1, -0.05) is 42.5 Å². The second kappa shape index (κ2) is 5.51. The second-order valence-corrected chi connectivity index (χ2v) is 5.45. The quantitative estimate of drug-likeness (QED) is 0.780. The molecule has 0 unspecified atom stereocenters. The third kappa shape index (κ3) is 2.53. The summed E-state index contributed by atoms with van der Waals surface area (Å²) in [4.78, 5) is 4.75. The van der Waals surface area contributed by atoms with Crippen molar-refractivity contribution < 1.29 is 0 Å². The second-order valence-electron chi connectivity index (χ2n) is 4.51. The van der Waals surface area contributed by atoms with E-state index < -0.39 is 0 Å². The summed E-state index contributed by atoms with van der Waals surface area (Å²) >= 11 is 1.74. The highest BCUT2D eigenvalue weighted by molar-refractivity contribution is 7.10. The molecule has 3 heteroatoms. The third-order valence-electron chi connectivity index (χ3n) is 3.21. The van der Waals surface area contributed by atoms with E-state index in [0.717, 1.165) is 18.7 Å². The molecule has 0 aliphatic heterocycles. The van der Waals surface area contributed by atoms with Crippen molar-refractivity contribution in [3.05, 3.63) is 52.9 Å². The van der Waals surface area contributed by atoms with E-state index >= 15 is 0 Å². The van der Waals surface area contributed by atoms with Gasteiger partial charge in [-0.05, 0) is 17.8 Å². The first-order valence-corrected chi connectivity index (χ1v) is 7.33. The van der Waals surface area contributed by atoms with E-state index in [1.165, 1.54) is 21.3 Å². The molecule has 0 fully saturated rings. The number of rotatable bonds is 4. The van der Waals surface area contributed by atoms with Crippen molar-refractivity contribution >= 4 is 22.1 Å². The molecule has 1 heterocycles. The first-order chi connectivity index (χ1) is 9.38. The van der Waals surface area contributed by atoms with Crippen molar-refractivity contribution in [2.45, 2.75) is 6.42 Å². The summed E-state index contributed by atoms with van der Waals surface area (Å²) in [7, 11) is 1.97. The molecule has 0 amide bonds. The Morgan fingerprint density at radius 1 is 1.11 bits per heavy atom. The van der Waals surface area contributed by atoms with Gasteiger partial charge in [0.2, 0.25) is 0 Å². The molecule has 0 aliphatic carbocycles. The molecule has 96 valence electrons. The van der Waals surface area contributed by atoms with Gasteiger partial charge in [-0.15, -0.1) is 11.3 Å². The number of aromatic nitrogens is 1. The van der Waals surface area contributed by atoms with Gasteiger partial charge in [0, 0.05) is 23.9 Å². The zero-order chi connectivity index (χ0) is 13.1. The van der Waals surface area contributed by atoms with Crippen molar-refractivity contribution in [3.63, 3.8) is 0 Å². The van der Waals surface area contributed by atoms with Gasteiger partial charge in [0.1, 0.15) is 0 Å². The molecule has 0 saturated heterocycles. The van der Waals surface area contributed by atoms with Crippen LogP contribution in [-0.2, 0) is 6.42 Å². The summed E-state index contributed by atoms with van der Waals surface area (Å²) in [5.41, 5.74) is 2.32. The Morgan fingerprint density at radius 3 is 2.84 bits per heavy atom. The molecule has 0 radical (unpaired) electrons. The minimum atomic E-state index is 0.975. The van der Waals surface area contributed by atoms with E-state index in [2.05, 4.69) is 53.2 Å². The first kappa shape index (κ1) is 12.3. The van der Waals surface area contributed by atoms with Crippen molar-refractivity contribution in [1.82, 2.24) is 10.3 Å². The molecule has 0 atom stereocenters. The highest BCUT2D eigenvalue weighted by Gasteiger charge is 2.07. The molecule has 19 heavy (non-hydrogen) atoms. The van der Waals surface area contributed by atoms with Crippen LogP contribution in [0.4, 0.5) is 0 Å². The molecule has 3 aromatic rings. The van der Waals surface area contributed by atoms with Gasteiger partial charge in [-0.2, -0.15) is 0 Å². The Hall–Kier alpha value is -1.71. The lowest BCUT2D eigenvalue weighted by atomic mass is 10.0. The fourth-order valence-electron chi connectivity index (χ4n) is 2.23. The normalized spacial score (nSPS) is 11.0. The average Bonchev–Trinajstić information content (AvgIpc) is 2.93. The van der Waals surface area contributed by atoms with Crippen LogP contribution in [0.2, 0.25) is 0 Å². The van der Waals surface area contributed by atoms with Crippen LogP contribution in [0.1, 0.15) is 5.01 Å². The molecule has 1 N–H and O–H groups in total. The molecular formula is C16H16N2S. The minimum Gasteiger partial charge on any atom is -0.319 e. The van der Waals surface area contributed by atoms with Crippen LogP contribution in [0.3, 0.4) is 0 Å². The number of hydrogen-bond acceptors (Lipinski definition) is 3. The van der Waals surface area contributed by atoms with E-state index in [1.807, 2.05) is 7.05 Å². The predicted molar refractivity (Wildman–Crippen MR) is 82.7 cm³/mol. The van der Waals surface area contributed by atoms with Crippen LogP contribution in [-0.4, -0.2) is 18.6 Å². The summed E-state index contributed by atoms with van der Waals surface area (Å²) in [6.45, 7) is 0.975. The van der Waals surface area contributed by atoms with Gasteiger partial charge in [-0.25, -0.2) is 4.98 Å². The van der Waals surface area contributed by atoms with Crippen molar-refractivity contribution in [2.24, 2.45) is 0 Å². The number of nitrogens with zero attached hydrogens (tertiary/aromatic N) is 1. The van der Waals surface area contributed by atoms with Crippen LogP contribution in [0.25, 0.3) is 22.0 Å². The lowest BCUT2D eigenvalue weighted by molar-refractivity contribution is 0.788.